The Morgan fingerprint density at radius 2 is 1.81 bits per heavy atom. The van der Waals surface area contributed by atoms with Gasteiger partial charge in [-0.25, -0.2) is 9.79 Å². The number of benzene rings is 2. The molecule has 1 amide bonds. The molecule has 194 valence electrons. The quantitative estimate of drug-likeness (QED) is 0.391. The van der Waals surface area contributed by atoms with Crippen molar-refractivity contribution in [1.29, 1.82) is 0 Å². The molecule has 0 aliphatic carbocycles. The van der Waals surface area contributed by atoms with Gasteiger partial charge < -0.3 is 19.7 Å². The van der Waals surface area contributed by atoms with Crippen LogP contribution >= 0.6 is 11.8 Å². The Bertz CT molecular complexity index is 1250. The maximum Gasteiger partial charge on any atom is 0.338 e. The number of hydrogen-bond donors (Lipinski definition) is 1. The van der Waals surface area contributed by atoms with Crippen molar-refractivity contribution in [1.82, 2.24) is 10.2 Å². The van der Waals surface area contributed by atoms with E-state index in [1.165, 1.54) is 11.8 Å². The summed E-state index contributed by atoms with van der Waals surface area (Å²) >= 11 is 1.45. The first-order valence-corrected chi connectivity index (χ1v) is 13.4. The van der Waals surface area contributed by atoms with Crippen LogP contribution in [0.15, 0.2) is 82.0 Å². The second-order valence-electron chi connectivity index (χ2n) is 9.39. The highest BCUT2D eigenvalue weighted by molar-refractivity contribution is 8.16. The van der Waals surface area contributed by atoms with Crippen LogP contribution in [-0.4, -0.2) is 34.1 Å². The van der Waals surface area contributed by atoms with Crippen LogP contribution in [0.5, 0.6) is 11.5 Å². The van der Waals surface area contributed by atoms with Gasteiger partial charge in [-0.05, 0) is 69.4 Å². The van der Waals surface area contributed by atoms with E-state index in [2.05, 4.69) is 5.32 Å². The average Bonchev–Trinajstić information content (AvgIpc) is 3.24. The summed E-state index contributed by atoms with van der Waals surface area (Å²) in [6.45, 7) is 9.49. The molecule has 1 N–H and O–H groups in total. The van der Waals surface area contributed by atoms with E-state index in [9.17, 15) is 9.59 Å². The number of hydrogen-bond acceptors (Lipinski definition) is 7. The minimum atomic E-state index is -0.518. The summed E-state index contributed by atoms with van der Waals surface area (Å²) in [6.07, 6.45) is 0.745. The predicted molar refractivity (Wildman–Crippen MR) is 147 cm³/mol. The number of thioether (sulfide) groups is 1. The van der Waals surface area contributed by atoms with Crippen LogP contribution in [0.4, 0.5) is 0 Å². The molecule has 2 aromatic carbocycles. The molecule has 0 saturated carbocycles. The molecular weight excluding hydrogens is 486 g/mol. The lowest BCUT2D eigenvalue weighted by molar-refractivity contribution is -0.143. The lowest BCUT2D eigenvalue weighted by Crippen LogP contribution is -2.39. The molecule has 2 atom stereocenters. The van der Waals surface area contributed by atoms with E-state index >= 15 is 0 Å². The maximum absolute atomic E-state index is 13.4. The van der Waals surface area contributed by atoms with Gasteiger partial charge in [0.25, 0.3) is 0 Å². The second kappa shape index (κ2) is 11.7. The fourth-order valence-electron chi connectivity index (χ4n) is 4.19. The van der Waals surface area contributed by atoms with Crippen LogP contribution in [0.2, 0.25) is 0 Å². The van der Waals surface area contributed by atoms with Crippen LogP contribution in [-0.2, 0) is 14.3 Å². The lowest BCUT2D eigenvalue weighted by Gasteiger charge is -2.36. The Morgan fingerprint density at radius 3 is 2.51 bits per heavy atom. The molecular formula is C29H33N3O4S. The van der Waals surface area contributed by atoms with Crippen LogP contribution in [0, 0.1) is 0 Å². The third-order valence-corrected chi connectivity index (χ3v) is 6.97. The highest BCUT2D eigenvalue weighted by Gasteiger charge is 2.41. The van der Waals surface area contributed by atoms with E-state index in [4.69, 9.17) is 14.5 Å². The molecule has 0 radical (unpaired) electrons. The van der Waals surface area contributed by atoms with Gasteiger partial charge in [0.2, 0.25) is 5.91 Å². The van der Waals surface area contributed by atoms with Gasteiger partial charge >= 0.3 is 5.97 Å². The number of ether oxygens (including phenoxy) is 2. The highest BCUT2D eigenvalue weighted by atomic mass is 32.2. The van der Waals surface area contributed by atoms with Crippen molar-refractivity contribution in [3.63, 3.8) is 0 Å². The summed E-state index contributed by atoms with van der Waals surface area (Å²) in [5, 5.41) is 5.70. The predicted octanol–water partition coefficient (Wildman–Crippen LogP) is 6.31. The monoisotopic (exact) mass is 519 g/mol. The Balaban J connectivity index is 1.72. The number of allylic oxidation sites excluding steroid dienone is 1. The van der Waals surface area contributed by atoms with Crippen molar-refractivity contribution in [3.05, 3.63) is 82.5 Å². The molecule has 4 rings (SSSR count). The zero-order valence-electron chi connectivity index (χ0n) is 21.9. The van der Waals surface area contributed by atoms with Crippen molar-refractivity contribution < 1.29 is 19.1 Å². The molecule has 2 aromatic rings. The minimum Gasteiger partial charge on any atom is -0.459 e. The van der Waals surface area contributed by atoms with Crippen molar-refractivity contribution in [2.75, 3.05) is 0 Å². The summed E-state index contributed by atoms with van der Waals surface area (Å²) < 4.78 is 11.7. The Morgan fingerprint density at radius 1 is 1.08 bits per heavy atom. The number of nitrogens with zero attached hydrogens (tertiary/aromatic N) is 2. The number of amidine groups is 1. The van der Waals surface area contributed by atoms with Crippen molar-refractivity contribution in [3.8, 4) is 11.5 Å². The van der Waals surface area contributed by atoms with E-state index < -0.39 is 12.0 Å². The van der Waals surface area contributed by atoms with Gasteiger partial charge in [0.1, 0.15) is 11.5 Å². The Labute approximate surface area is 222 Å². The molecule has 2 heterocycles. The van der Waals surface area contributed by atoms with Crippen LogP contribution in [0.1, 0.15) is 59.1 Å². The first kappa shape index (κ1) is 26.5. The smallest absolute Gasteiger partial charge is 0.338 e. The number of amides is 1. The summed E-state index contributed by atoms with van der Waals surface area (Å²) in [5.74, 6) is 0.875. The third kappa shape index (κ3) is 6.25. The number of rotatable bonds is 9. The molecule has 0 unspecified atom stereocenters. The van der Waals surface area contributed by atoms with Gasteiger partial charge in [0.15, 0.2) is 5.17 Å². The topological polar surface area (TPSA) is 80.2 Å². The number of carbonyl (C=O) groups excluding carboxylic acids is 2. The molecule has 7 nitrogen and oxygen atoms in total. The minimum absolute atomic E-state index is 0.0695. The summed E-state index contributed by atoms with van der Waals surface area (Å²) in [7, 11) is 0. The molecule has 0 bridgehead atoms. The average molecular weight is 520 g/mol. The van der Waals surface area contributed by atoms with Crippen molar-refractivity contribution >= 4 is 28.8 Å². The lowest BCUT2D eigenvalue weighted by atomic mass is 9.93. The van der Waals surface area contributed by atoms with Crippen molar-refractivity contribution in [2.24, 2.45) is 4.99 Å². The normalized spacial score (nSPS) is 17.7. The summed E-state index contributed by atoms with van der Waals surface area (Å²) in [5.41, 5.74) is 2.67. The fraction of sp³-hybridized carbons (Fsp3) is 0.345. The van der Waals surface area contributed by atoms with Crippen LogP contribution < -0.4 is 10.1 Å². The van der Waals surface area contributed by atoms with Gasteiger partial charge in [-0.3, -0.25) is 4.79 Å². The molecule has 0 aromatic heterocycles. The molecule has 2 aliphatic rings. The number of aliphatic imine (C=N–C) groups is 1. The van der Waals surface area contributed by atoms with Gasteiger partial charge in [-0.1, -0.05) is 49.0 Å². The van der Waals surface area contributed by atoms with E-state index in [1.54, 1.807) is 0 Å². The SMILES string of the molecule is CC[C@H](C)NC(=O)CC1=CSC2=NC(C)=C(C(=O)OC(C)C)[C@H](c3cccc(Oc4ccccc4)c3)N12. The molecule has 37 heavy (non-hydrogen) atoms. The van der Waals surface area contributed by atoms with Gasteiger partial charge in [0.05, 0.1) is 29.8 Å². The van der Waals surface area contributed by atoms with Crippen molar-refractivity contribution in [2.45, 2.75) is 65.6 Å². The molecule has 2 aliphatic heterocycles. The first-order valence-electron chi connectivity index (χ1n) is 12.5. The van der Waals surface area contributed by atoms with E-state index in [1.807, 2.05) is 99.5 Å². The Kier molecular flexibility index (Phi) is 8.38. The van der Waals surface area contributed by atoms with Gasteiger partial charge in [-0.2, -0.15) is 0 Å². The van der Waals surface area contributed by atoms with Gasteiger partial charge in [-0.15, -0.1) is 0 Å². The first-order chi connectivity index (χ1) is 17.8. The largest absolute Gasteiger partial charge is 0.459 e. The molecule has 0 spiro atoms. The van der Waals surface area contributed by atoms with E-state index in [0.29, 0.717) is 17.0 Å². The van der Waals surface area contributed by atoms with Crippen LogP contribution in [0.3, 0.4) is 0 Å². The zero-order valence-corrected chi connectivity index (χ0v) is 22.7. The number of carbonyl (C=O) groups is 2. The molecule has 0 saturated heterocycles. The van der Waals surface area contributed by atoms with Gasteiger partial charge in [0, 0.05) is 11.7 Å². The summed E-state index contributed by atoms with van der Waals surface area (Å²) in [4.78, 5) is 32.9. The molecule has 0 fully saturated rings. The van der Waals surface area contributed by atoms with E-state index in [0.717, 1.165) is 28.6 Å². The summed E-state index contributed by atoms with van der Waals surface area (Å²) in [6, 6.07) is 16.8. The standard InChI is InChI=1S/C29H33N3O4S/c1-6-19(4)30-25(33)16-22-17-37-29-31-20(5)26(28(34)35-18(2)3)27(32(22)29)21-11-10-14-24(15-21)36-23-12-8-7-9-13-23/h7-15,17-19,27H,6,16H2,1-5H3,(H,30,33)/t19-,27-/m0/s1. The fourth-order valence-corrected chi connectivity index (χ4v) is 5.15. The third-order valence-electron chi connectivity index (χ3n) is 6.08. The van der Waals surface area contributed by atoms with E-state index in [-0.39, 0.29) is 24.5 Å². The van der Waals surface area contributed by atoms with Crippen LogP contribution in [0.25, 0.3) is 0 Å². The number of esters is 1. The zero-order chi connectivity index (χ0) is 26.5. The number of nitrogens with one attached hydrogen (secondary N) is 1. The molecule has 8 heteroatoms. The maximum atomic E-state index is 13.4. The highest BCUT2D eigenvalue weighted by Crippen LogP contribution is 2.45. The number of para-hydroxylation sites is 1. The second-order valence-corrected chi connectivity index (χ2v) is 10.2. The number of fused-ring (bicyclic) bond motifs is 1. The Hall–Kier alpha value is -3.52.